The zero-order chi connectivity index (χ0) is 13.1. The molecule has 92 valence electrons. The zero-order valence-corrected chi connectivity index (χ0v) is 13.4. The predicted octanol–water partition coefficient (Wildman–Crippen LogP) is 5.83. The Morgan fingerprint density at radius 3 is 2.44 bits per heavy atom. The number of hydrogen-bond donors (Lipinski definition) is 1. The third kappa shape index (κ3) is 3.43. The van der Waals surface area contributed by atoms with Gasteiger partial charge < -0.3 is 5.11 Å². The monoisotopic (exact) mass is 436 g/mol. The summed E-state index contributed by atoms with van der Waals surface area (Å²) in [4.78, 5) is 0. The van der Waals surface area contributed by atoms with Gasteiger partial charge in [-0.15, -0.1) is 5.11 Å². The van der Waals surface area contributed by atoms with Crippen LogP contribution in [0.4, 0.5) is 11.4 Å². The number of azo groups is 1. The third-order valence-corrected chi connectivity index (χ3v) is 3.65. The van der Waals surface area contributed by atoms with Gasteiger partial charge in [-0.05, 0) is 74.9 Å². The smallest absolute Gasteiger partial charge is 0.157 e. The van der Waals surface area contributed by atoms with E-state index in [1.807, 2.05) is 24.3 Å². The van der Waals surface area contributed by atoms with E-state index < -0.39 is 0 Å². The lowest BCUT2D eigenvalue weighted by molar-refractivity contribution is 0.473. The standard InChI is InChI=1S/C12H7BrClIN2O/c13-10-5-7(14)6-11(12(10)18)17-16-9-3-1-8(15)2-4-9/h1-6,18H. The molecule has 0 fully saturated rings. The van der Waals surface area contributed by atoms with Crippen molar-refractivity contribution in [3.8, 4) is 5.75 Å². The summed E-state index contributed by atoms with van der Waals surface area (Å²) < 4.78 is 1.62. The highest BCUT2D eigenvalue weighted by Crippen LogP contribution is 2.37. The summed E-state index contributed by atoms with van der Waals surface area (Å²) in [7, 11) is 0. The van der Waals surface area contributed by atoms with E-state index >= 15 is 0 Å². The van der Waals surface area contributed by atoms with E-state index in [0.717, 1.165) is 3.57 Å². The number of phenolic OH excluding ortho intramolecular Hbond substituents is 1. The summed E-state index contributed by atoms with van der Waals surface area (Å²) in [6.45, 7) is 0. The molecular formula is C12H7BrClIN2O. The summed E-state index contributed by atoms with van der Waals surface area (Å²) >= 11 is 11.3. The van der Waals surface area contributed by atoms with Crippen LogP contribution in [0.1, 0.15) is 0 Å². The molecule has 0 amide bonds. The Labute approximate surface area is 131 Å². The molecule has 0 saturated heterocycles. The molecule has 0 unspecified atom stereocenters. The van der Waals surface area contributed by atoms with E-state index in [9.17, 15) is 5.11 Å². The average Bonchev–Trinajstić information content (AvgIpc) is 2.34. The molecule has 6 heteroatoms. The molecule has 0 saturated carbocycles. The fourth-order valence-corrected chi connectivity index (χ4v) is 2.40. The van der Waals surface area contributed by atoms with Crippen LogP contribution in [0.2, 0.25) is 5.02 Å². The highest BCUT2D eigenvalue weighted by molar-refractivity contribution is 14.1. The van der Waals surface area contributed by atoms with Gasteiger partial charge in [0, 0.05) is 8.59 Å². The van der Waals surface area contributed by atoms with Gasteiger partial charge in [-0.25, -0.2) is 0 Å². The normalized spacial score (nSPS) is 11.1. The molecule has 0 aliphatic heterocycles. The first-order chi connectivity index (χ1) is 8.56. The van der Waals surface area contributed by atoms with Crippen molar-refractivity contribution < 1.29 is 5.11 Å². The lowest BCUT2D eigenvalue weighted by Gasteiger charge is -2.01. The van der Waals surface area contributed by atoms with Crippen LogP contribution in [0.3, 0.4) is 0 Å². The van der Waals surface area contributed by atoms with E-state index in [2.05, 4.69) is 48.7 Å². The van der Waals surface area contributed by atoms with Gasteiger partial charge in [0.05, 0.1) is 10.2 Å². The minimum atomic E-state index is 0.0219. The first kappa shape index (κ1) is 13.8. The second-order valence-corrected chi connectivity index (χ2v) is 5.97. The topological polar surface area (TPSA) is 45.0 Å². The molecule has 2 rings (SSSR count). The highest BCUT2D eigenvalue weighted by atomic mass is 127. The van der Waals surface area contributed by atoms with E-state index in [4.69, 9.17) is 11.6 Å². The van der Waals surface area contributed by atoms with Crippen LogP contribution in [0.15, 0.2) is 51.1 Å². The summed E-state index contributed by atoms with van der Waals surface area (Å²) in [5.74, 6) is 0.0219. The van der Waals surface area contributed by atoms with Crippen LogP contribution in [-0.2, 0) is 0 Å². The molecule has 1 N–H and O–H groups in total. The van der Waals surface area contributed by atoms with Crippen molar-refractivity contribution in [3.63, 3.8) is 0 Å². The maximum absolute atomic E-state index is 9.78. The van der Waals surface area contributed by atoms with Crippen molar-refractivity contribution in [3.05, 3.63) is 49.5 Å². The average molecular weight is 437 g/mol. The molecule has 18 heavy (non-hydrogen) atoms. The number of hydrogen-bond acceptors (Lipinski definition) is 3. The van der Waals surface area contributed by atoms with Gasteiger partial charge in [-0.2, -0.15) is 5.11 Å². The number of aromatic hydroxyl groups is 1. The summed E-state index contributed by atoms with van der Waals surface area (Å²) in [5.41, 5.74) is 1.04. The van der Waals surface area contributed by atoms with Crippen molar-refractivity contribution in [1.82, 2.24) is 0 Å². The number of phenols is 1. The van der Waals surface area contributed by atoms with Crippen LogP contribution in [0.5, 0.6) is 5.75 Å². The molecule has 0 bridgehead atoms. The Bertz CT molecular complexity index is 602. The van der Waals surface area contributed by atoms with Gasteiger partial charge in [0.2, 0.25) is 0 Å². The van der Waals surface area contributed by atoms with Crippen molar-refractivity contribution in [1.29, 1.82) is 0 Å². The Morgan fingerprint density at radius 1 is 1.11 bits per heavy atom. The van der Waals surface area contributed by atoms with E-state index in [0.29, 0.717) is 20.9 Å². The Hall–Kier alpha value is -0.660. The molecule has 0 heterocycles. The van der Waals surface area contributed by atoms with Crippen LogP contribution in [0.25, 0.3) is 0 Å². The van der Waals surface area contributed by atoms with E-state index in [-0.39, 0.29) is 5.75 Å². The molecule has 0 aliphatic rings. The number of nitrogens with zero attached hydrogens (tertiary/aromatic N) is 2. The lowest BCUT2D eigenvalue weighted by atomic mass is 10.3. The number of halogens is 3. The van der Waals surface area contributed by atoms with Crippen molar-refractivity contribution in [2.75, 3.05) is 0 Å². The van der Waals surface area contributed by atoms with Crippen molar-refractivity contribution in [2.45, 2.75) is 0 Å². The SMILES string of the molecule is Oc1c(Br)cc(Cl)cc1N=Nc1ccc(I)cc1. The molecule has 0 spiro atoms. The number of rotatable bonds is 2. The molecular weight excluding hydrogens is 430 g/mol. The Morgan fingerprint density at radius 2 is 1.78 bits per heavy atom. The quantitative estimate of drug-likeness (QED) is 0.466. The first-order valence-corrected chi connectivity index (χ1v) is 7.16. The predicted molar refractivity (Wildman–Crippen MR) is 84.2 cm³/mol. The van der Waals surface area contributed by atoms with E-state index in [1.54, 1.807) is 12.1 Å². The van der Waals surface area contributed by atoms with Gasteiger partial charge in [0.25, 0.3) is 0 Å². The maximum atomic E-state index is 9.78. The lowest BCUT2D eigenvalue weighted by Crippen LogP contribution is -1.72. The number of benzene rings is 2. The molecule has 0 aromatic heterocycles. The second kappa shape index (κ2) is 5.99. The fraction of sp³-hybridized carbons (Fsp3) is 0. The van der Waals surface area contributed by atoms with E-state index in [1.165, 1.54) is 0 Å². The fourth-order valence-electron chi connectivity index (χ4n) is 1.25. The van der Waals surface area contributed by atoms with Crippen LogP contribution in [0, 0.1) is 3.57 Å². The highest BCUT2D eigenvalue weighted by Gasteiger charge is 2.06. The molecule has 2 aromatic rings. The van der Waals surface area contributed by atoms with Gasteiger partial charge in [0.15, 0.2) is 5.75 Å². The van der Waals surface area contributed by atoms with Crippen LogP contribution in [-0.4, -0.2) is 5.11 Å². The Kier molecular flexibility index (Phi) is 4.58. The van der Waals surface area contributed by atoms with Crippen molar-refractivity contribution >= 4 is 61.5 Å². The minimum Gasteiger partial charge on any atom is -0.505 e. The minimum absolute atomic E-state index is 0.0219. The summed E-state index contributed by atoms with van der Waals surface area (Å²) in [6, 6.07) is 10.7. The first-order valence-electron chi connectivity index (χ1n) is 4.91. The zero-order valence-electron chi connectivity index (χ0n) is 8.94. The second-order valence-electron chi connectivity index (χ2n) is 3.43. The third-order valence-electron chi connectivity index (χ3n) is 2.11. The molecule has 0 atom stereocenters. The molecule has 3 nitrogen and oxygen atoms in total. The summed E-state index contributed by atoms with van der Waals surface area (Å²) in [5, 5.41) is 18.3. The summed E-state index contributed by atoms with van der Waals surface area (Å²) in [6.07, 6.45) is 0. The van der Waals surface area contributed by atoms with Gasteiger partial charge >= 0.3 is 0 Å². The maximum Gasteiger partial charge on any atom is 0.157 e. The van der Waals surface area contributed by atoms with Crippen LogP contribution >= 0.6 is 50.1 Å². The van der Waals surface area contributed by atoms with Gasteiger partial charge in [0.1, 0.15) is 5.69 Å². The van der Waals surface area contributed by atoms with Crippen molar-refractivity contribution in [2.24, 2.45) is 10.2 Å². The van der Waals surface area contributed by atoms with Crippen LogP contribution < -0.4 is 0 Å². The molecule has 2 aromatic carbocycles. The molecule has 0 aliphatic carbocycles. The Balaban J connectivity index is 2.31. The largest absolute Gasteiger partial charge is 0.505 e. The van der Waals surface area contributed by atoms with Gasteiger partial charge in [-0.3, -0.25) is 0 Å². The van der Waals surface area contributed by atoms with Gasteiger partial charge in [-0.1, -0.05) is 11.6 Å². The molecule has 0 radical (unpaired) electrons.